The van der Waals surface area contributed by atoms with Crippen LogP contribution >= 0.6 is 0 Å². The number of nitrogens with one attached hydrogen (secondary N) is 2. The van der Waals surface area contributed by atoms with E-state index in [1.807, 2.05) is 0 Å². The summed E-state index contributed by atoms with van der Waals surface area (Å²) in [4.78, 5) is 23.1. The zero-order valence-corrected chi connectivity index (χ0v) is 12.5. The molecule has 2 amide bonds. The second-order valence-corrected chi connectivity index (χ2v) is 7.14. The largest absolute Gasteiger partial charge is 0.481 e. The highest BCUT2D eigenvalue weighted by Crippen LogP contribution is 2.50. The maximum Gasteiger partial charge on any atom is 0.315 e. The van der Waals surface area contributed by atoms with Crippen molar-refractivity contribution in [2.45, 2.75) is 64.3 Å². The summed E-state index contributed by atoms with van der Waals surface area (Å²) in [5, 5.41) is 14.9. The third kappa shape index (κ3) is 3.87. The lowest BCUT2D eigenvalue weighted by molar-refractivity contribution is -0.139. The van der Waals surface area contributed by atoms with Crippen LogP contribution in [0.1, 0.15) is 58.8 Å². The standard InChI is InChI=1S/C15H26N2O3/c1-14(2)8-11(14)10-16-13(20)17-15(9-12(18)19)6-4-3-5-7-15/h11H,3-10H2,1-2H3,(H,18,19)(H2,16,17,20). The molecule has 114 valence electrons. The average Bonchev–Trinajstić information content (AvgIpc) is 2.94. The fourth-order valence-electron chi connectivity index (χ4n) is 3.29. The van der Waals surface area contributed by atoms with Crippen LogP contribution in [0.4, 0.5) is 4.79 Å². The smallest absolute Gasteiger partial charge is 0.315 e. The summed E-state index contributed by atoms with van der Waals surface area (Å²) >= 11 is 0. The quantitative estimate of drug-likeness (QED) is 0.725. The van der Waals surface area contributed by atoms with E-state index >= 15 is 0 Å². The Morgan fingerprint density at radius 2 is 1.80 bits per heavy atom. The zero-order valence-electron chi connectivity index (χ0n) is 12.5. The molecule has 2 fully saturated rings. The minimum atomic E-state index is -0.837. The first-order valence-electron chi connectivity index (χ1n) is 7.61. The molecule has 0 aromatic rings. The molecule has 2 saturated carbocycles. The van der Waals surface area contributed by atoms with Gasteiger partial charge in [-0.05, 0) is 30.6 Å². The van der Waals surface area contributed by atoms with E-state index in [2.05, 4.69) is 24.5 Å². The van der Waals surface area contributed by atoms with Crippen LogP contribution in [0, 0.1) is 11.3 Å². The van der Waals surface area contributed by atoms with Crippen LogP contribution in [-0.2, 0) is 4.79 Å². The number of urea groups is 1. The number of hydrogen-bond donors (Lipinski definition) is 3. The summed E-state index contributed by atoms with van der Waals surface area (Å²) in [6, 6.07) is -0.212. The van der Waals surface area contributed by atoms with Crippen LogP contribution in [0.3, 0.4) is 0 Å². The summed E-state index contributed by atoms with van der Waals surface area (Å²) in [6.07, 6.45) is 5.81. The first kappa shape index (κ1) is 15.1. The Labute approximate surface area is 120 Å². The monoisotopic (exact) mass is 282 g/mol. The van der Waals surface area contributed by atoms with Gasteiger partial charge in [0.25, 0.3) is 0 Å². The number of amides is 2. The van der Waals surface area contributed by atoms with E-state index in [1.165, 1.54) is 0 Å². The first-order valence-corrected chi connectivity index (χ1v) is 7.61. The van der Waals surface area contributed by atoms with Gasteiger partial charge in [0, 0.05) is 6.54 Å². The molecule has 0 saturated heterocycles. The highest BCUT2D eigenvalue weighted by molar-refractivity contribution is 5.76. The molecule has 0 heterocycles. The Hall–Kier alpha value is -1.26. The normalized spacial score (nSPS) is 26.6. The van der Waals surface area contributed by atoms with Crippen molar-refractivity contribution in [3.63, 3.8) is 0 Å². The van der Waals surface area contributed by atoms with Gasteiger partial charge in [0.2, 0.25) is 0 Å². The molecule has 0 radical (unpaired) electrons. The zero-order chi connectivity index (χ0) is 14.8. The van der Waals surface area contributed by atoms with Gasteiger partial charge < -0.3 is 15.7 Å². The minimum absolute atomic E-state index is 0.0232. The Morgan fingerprint density at radius 1 is 1.20 bits per heavy atom. The van der Waals surface area contributed by atoms with Gasteiger partial charge in [-0.2, -0.15) is 0 Å². The SMILES string of the molecule is CC1(C)CC1CNC(=O)NC1(CC(=O)O)CCCCC1. The maximum absolute atomic E-state index is 12.0. The molecule has 0 spiro atoms. The van der Waals surface area contributed by atoms with E-state index in [9.17, 15) is 9.59 Å². The van der Waals surface area contributed by atoms with Gasteiger partial charge in [-0.25, -0.2) is 4.79 Å². The minimum Gasteiger partial charge on any atom is -0.481 e. The van der Waals surface area contributed by atoms with Crippen molar-refractivity contribution in [2.24, 2.45) is 11.3 Å². The van der Waals surface area contributed by atoms with Crippen molar-refractivity contribution in [1.29, 1.82) is 0 Å². The van der Waals surface area contributed by atoms with Crippen molar-refractivity contribution in [1.82, 2.24) is 10.6 Å². The molecule has 3 N–H and O–H groups in total. The average molecular weight is 282 g/mol. The van der Waals surface area contributed by atoms with Crippen LogP contribution in [0.15, 0.2) is 0 Å². The molecular formula is C15H26N2O3. The fourth-order valence-corrected chi connectivity index (χ4v) is 3.29. The molecule has 0 aromatic heterocycles. The van der Waals surface area contributed by atoms with Crippen LogP contribution in [0.5, 0.6) is 0 Å². The Morgan fingerprint density at radius 3 is 2.30 bits per heavy atom. The summed E-state index contributed by atoms with van der Waals surface area (Å²) in [5.74, 6) is -0.287. The summed E-state index contributed by atoms with van der Waals surface area (Å²) < 4.78 is 0. The molecule has 5 nitrogen and oxygen atoms in total. The number of aliphatic carboxylic acids is 1. The van der Waals surface area contributed by atoms with Gasteiger partial charge in [-0.1, -0.05) is 33.1 Å². The third-order valence-electron chi connectivity index (χ3n) is 4.91. The van der Waals surface area contributed by atoms with Crippen LogP contribution in [-0.4, -0.2) is 29.2 Å². The predicted octanol–water partition coefficient (Wildman–Crippen LogP) is 2.51. The van der Waals surface area contributed by atoms with E-state index in [0.717, 1.165) is 38.5 Å². The fraction of sp³-hybridized carbons (Fsp3) is 0.867. The summed E-state index contributed by atoms with van der Waals surface area (Å²) in [5.41, 5.74) is -0.204. The van der Waals surface area contributed by atoms with Crippen LogP contribution in [0.2, 0.25) is 0 Å². The molecule has 1 unspecified atom stereocenters. The molecule has 2 aliphatic rings. The van der Waals surface area contributed by atoms with Gasteiger partial charge >= 0.3 is 12.0 Å². The molecule has 0 aliphatic heterocycles. The second kappa shape index (κ2) is 5.62. The molecule has 5 heteroatoms. The predicted molar refractivity (Wildman–Crippen MR) is 76.5 cm³/mol. The van der Waals surface area contributed by atoms with Crippen molar-refractivity contribution < 1.29 is 14.7 Å². The molecule has 0 aromatic carbocycles. The van der Waals surface area contributed by atoms with Gasteiger partial charge in [0.1, 0.15) is 0 Å². The third-order valence-corrected chi connectivity index (χ3v) is 4.91. The van der Waals surface area contributed by atoms with Crippen molar-refractivity contribution in [3.05, 3.63) is 0 Å². The Balaban J connectivity index is 1.83. The van der Waals surface area contributed by atoms with E-state index in [0.29, 0.717) is 17.9 Å². The topological polar surface area (TPSA) is 78.4 Å². The molecule has 20 heavy (non-hydrogen) atoms. The summed E-state index contributed by atoms with van der Waals surface area (Å²) in [7, 11) is 0. The van der Waals surface area contributed by atoms with Crippen LogP contribution in [0.25, 0.3) is 0 Å². The Kier molecular flexibility index (Phi) is 4.25. The van der Waals surface area contributed by atoms with Crippen molar-refractivity contribution in [3.8, 4) is 0 Å². The van der Waals surface area contributed by atoms with Gasteiger partial charge in [-0.15, -0.1) is 0 Å². The Bertz CT molecular complexity index is 387. The van der Waals surface area contributed by atoms with Crippen LogP contribution < -0.4 is 10.6 Å². The highest BCUT2D eigenvalue weighted by atomic mass is 16.4. The molecule has 1 atom stereocenters. The van der Waals surface area contributed by atoms with Crippen molar-refractivity contribution in [2.75, 3.05) is 6.54 Å². The lowest BCUT2D eigenvalue weighted by Crippen LogP contribution is -2.54. The number of carboxylic acid groups (broad SMARTS) is 1. The van der Waals surface area contributed by atoms with E-state index in [1.54, 1.807) is 0 Å². The van der Waals surface area contributed by atoms with Gasteiger partial charge in [-0.3, -0.25) is 4.79 Å². The van der Waals surface area contributed by atoms with E-state index < -0.39 is 11.5 Å². The number of carboxylic acids is 1. The lowest BCUT2D eigenvalue weighted by atomic mass is 9.79. The first-order chi connectivity index (χ1) is 9.33. The van der Waals surface area contributed by atoms with E-state index in [-0.39, 0.29) is 12.5 Å². The van der Waals surface area contributed by atoms with Crippen molar-refractivity contribution >= 4 is 12.0 Å². The summed E-state index contributed by atoms with van der Waals surface area (Å²) in [6.45, 7) is 5.08. The number of hydrogen-bond acceptors (Lipinski definition) is 2. The van der Waals surface area contributed by atoms with Gasteiger partial charge in [0.15, 0.2) is 0 Å². The number of carbonyl (C=O) groups excluding carboxylic acids is 1. The lowest BCUT2D eigenvalue weighted by Gasteiger charge is -2.37. The molecule has 2 aliphatic carbocycles. The van der Waals surface area contributed by atoms with Gasteiger partial charge in [0.05, 0.1) is 12.0 Å². The molecule has 2 rings (SSSR count). The number of rotatable bonds is 5. The highest BCUT2D eigenvalue weighted by Gasteiger charge is 2.45. The van der Waals surface area contributed by atoms with E-state index in [4.69, 9.17) is 5.11 Å². The maximum atomic E-state index is 12.0. The molecular weight excluding hydrogens is 256 g/mol. The molecule has 0 bridgehead atoms. The second-order valence-electron chi connectivity index (χ2n) is 7.14. The number of carbonyl (C=O) groups is 2.